The molecule has 0 spiro atoms. The van der Waals surface area contributed by atoms with Crippen LogP contribution in [0, 0.1) is 0 Å². The molecule has 3 aromatic rings. The van der Waals surface area contributed by atoms with Gasteiger partial charge >= 0.3 is 0 Å². The number of halogens is 1. The maximum absolute atomic E-state index is 13.3. The van der Waals surface area contributed by atoms with E-state index in [9.17, 15) is 9.90 Å². The molecule has 1 amide bonds. The number of hydrogen-bond acceptors (Lipinski definition) is 3. The third-order valence-electron chi connectivity index (χ3n) is 5.84. The zero-order valence-electron chi connectivity index (χ0n) is 15.9. The van der Waals surface area contributed by atoms with Crippen LogP contribution in [0.15, 0.2) is 54.6 Å². The summed E-state index contributed by atoms with van der Waals surface area (Å²) in [5.74, 6) is -0.00583. The molecule has 28 heavy (non-hydrogen) atoms. The third kappa shape index (κ3) is 3.57. The second kappa shape index (κ2) is 7.51. The highest BCUT2D eigenvalue weighted by atomic mass is 35.5. The summed E-state index contributed by atoms with van der Waals surface area (Å²) in [6.45, 7) is 1.95. The highest BCUT2D eigenvalue weighted by molar-refractivity contribution is 7.19. The lowest BCUT2D eigenvalue weighted by Crippen LogP contribution is -2.47. The number of rotatable bonds is 5. The number of benzene rings is 2. The molecular formula is C23H24ClNO2S. The Morgan fingerprint density at radius 3 is 2.54 bits per heavy atom. The normalized spacial score (nSPS) is 18.1. The van der Waals surface area contributed by atoms with Crippen LogP contribution in [0.4, 0.5) is 0 Å². The Labute approximate surface area is 174 Å². The maximum atomic E-state index is 13.3. The van der Waals surface area contributed by atoms with Crippen LogP contribution < -0.4 is 5.32 Å². The molecule has 1 aliphatic carbocycles. The first-order valence-corrected chi connectivity index (χ1v) is 10.9. The number of hydrogen-bond donors (Lipinski definition) is 2. The van der Waals surface area contributed by atoms with Crippen LogP contribution in [-0.2, 0) is 15.8 Å². The Hall–Kier alpha value is -1.88. The molecule has 0 aliphatic heterocycles. The Kier molecular flexibility index (Phi) is 5.21. The van der Waals surface area contributed by atoms with Crippen LogP contribution >= 0.6 is 22.9 Å². The molecule has 1 unspecified atom stereocenters. The van der Waals surface area contributed by atoms with Crippen molar-refractivity contribution in [2.45, 2.75) is 43.6 Å². The standard InChI is InChI=1S/C23H24ClNO2S/c1-22(27,20-14-16-6-2-3-7-19(16)28-20)15-25-21(26)23(12-4-5-13-23)17-8-10-18(24)11-9-17/h2-3,6-11,14,27H,4-5,12-13,15H2,1H3,(H,25,26). The molecule has 1 aromatic heterocycles. The molecule has 1 atom stereocenters. The first-order valence-electron chi connectivity index (χ1n) is 9.67. The van der Waals surface area contributed by atoms with Crippen molar-refractivity contribution in [3.05, 3.63) is 70.1 Å². The van der Waals surface area contributed by atoms with E-state index in [0.717, 1.165) is 46.2 Å². The smallest absolute Gasteiger partial charge is 0.230 e. The van der Waals surface area contributed by atoms with Crippen LogP contribution in [0.25, 0.3) is 10.1 Å². The fraction of sp³-hybridized carbons (Fsp3) is 0.348. The van der Waals surface area contributed by atoms with Gasteiger partial charge in [0.05, 0.1) is 12.0 Å². The van der Waals surface area contributed by atoms with Crippen LogP contribution in [0.5, 0.6) is 0 Å². The molecule has 0 bridgehead atoms. The first kappa shape index (κ1) is 19.4. The molecule has 2 aromatic carbocycles. The number of nitrogens with one attached hydrogen (secondary N) is 1. The topological polar surface area (TPSA) is 49.3 Å². The number of carbonyl (C=O) groups excluding carboxylic acids is 1. The summed E-state index contributed by atoms with van der Waals surface area (Å²) >= 11 is 7.60. The van der Waals surface area contributed by atoms with Crippen molar-refractivity contribution in [2.75, 3.05) is 6.54 Å². The Bertz CT molecular complexity index is 954. The van der Waals surface area contributed by atoms with E-state index in [1.165, 1.54) is 0 Å². The van der Waals surface area contributed by atoms with Gasteiger partial charge in [-0.15, -0.1) is 11.3 Å². The Morgan fingerprint density at radius 1 is 1.18 bits per heavy atom. The number of aliphatic hydroxyl groups is 1. The molecule has 0 saturated heterocycles. The number of amides is 1. The monoisotopic (exact) mass is 413 g/mol. The van der Waals surface area contributed by atoms with Crippen LogP contribution in [0.2, 0.25) is 5.02 Å². The van der Waals surface area contributed by atoms with Crippen molar-refractivity contribution in [3.8, 4) is 0 Å². The third-order valence-corrected chi connectivity index (χ3v) is 7.46. The van der Waals surface area contributed by atoms with E-state index < -0.39 is 11.0 Å². The fourth-order valence-electron chi connectivity index (χ4n) is 4.15. The van der Waals surface area contributed by atoms with Crippen molar-refractivity contribution in [3.63, 3.8) is 0 Å². The fourth-order valence-corrected chi connectivity index (χ4v) is 5.38. The van der Waals surface area contributed by atoms with Crippen LogP contribution in [0.1, 0.15) is 43.0 Å². The summed E-state index contributed by atoms with van der Waals surface area (Å²) in [5.41, 5.74) is -0.631. The summed E-state index contributed by atoms with van der Waals surface area (Å²) < 4.78 is 1.14. The molecule has 1 saturated carbocycles. The summed E-state index contributed by atoms with van der Waals surface area (Å²) in [6, 6.07) is 17.7. The van der Waals surface area contributed by atoms with Gasteiger partial charge in [-0.2, -0.15) is 0 Å². The van der Waals surface area contributed by atoms with E-state index >= 15 is 0 Å². The molecule has 2 N–H and O–H groups in total. The van der Waals surface area contributed by atoms with Crippen molar-refractivity contribution in [1.82, 2.24) is 5.32 Å². The summed E-state index contributed by atoms with van der Waals surface area (Å²) in [7, 11) is 0. The van der Waals surface area contributed by atoms with E-state index in [1.807, 2.05) is 54.6 Å². The summed E-state index contributed by atoms with van der Waals surface area (Å²) in [5, 5.41) is 15.9. The van der Waals surface area contributed by atoms with E-state index in [0.29, 0.717) is 5.02 Å². The molecule has 146 valence electrons. The molecule has 0 radical (unpaired) electrons. The van der Waals surface area contributed by atoms with E-state index in [1.54, 1.807) is 18.3 Å². The minimum Gasteiger partial charge on any atom is -0.383 e. The predicted octanol–water partition coefficient (Wildman–Crippen LogP) is 5.39. The van der Waals surface area contributed by atoms with Crippen molar-refractivity contribution in [2.24, 2.45) is 0 Å². The quantitative estimate of drug-likeness (QED) is 0.589. The lowest BCUT2D eigenvalue weighted by molar-refractivity contribution is -0.127. The van der Waals surface area contributed by atoms with Crippen LogP contribution in [-0.4, -0.2) is 17.6 Å². The lowest BCUT2D eigenvalue weighted by atomic mass is 9.78. The second-order valence-electron chi connectivity index (χ2n) is 7.90. The minimum absolute atomic E-state index is 0.00583. The first-order chi connectivity index (χ1) is 13.4. The molecule has 3 nitrogen and oxygen atoms in total. The van der Waals surface area contributed by atoms with Gasteiger partial charge in [-0.25, -0.2) is 0 Å². The van der Waals surface area contributed by atoms with E-state index in [-0.39, 0.29) is 12.5 Å². The molecular weight excluding hydrogens is 390 g/mol. The van der Waals surface area contributed by atoms with Crippen LogP contribution in [0.3, 0.4) is 0 Å². The van der Waals surface area contributed by atoms with Gasteiger partial charge in [-0.05, 0) is 55.0 Å². The number of fused-ring (bicyclic) bond motifs is 1. The summed E-state index contributed by atoms with van der Waals surface area (Å²) in [4.78, 5) is 14.1. The van der Waals surface area contributed by atoms with Gasteiger partial charge in [0.25, 0.3) is 0 Å². The SMILES string of the molecule is CC(O)(CNC(=O)C1(c2ccc(Cl)cc2)CCCC1)c1cc2ccccc2s1. The van der Waals surface area contributed by atoms with Crippen molar-refractivity contribution in [1.29, 1.82) is 0 Å². The molecule has 1 fully saturated rings. The van der Waals surface area contributed by atoms with Gasteiger partial charge in [0.15, 0.2) is 0 Å². The van der Waals surface area contributed by atoms with Gasteiger partial charge in [-0.3, -0.25) is 4.79 Å². The predicted molar refractivity (Wildman–Crippen MR) is 116 cm³/mol. The summed E-state index contributed by atoms with van der Waals surface area (Å²) in [6.07, 6.45) is 3.71. The van der Waals surface area contributed by atoms with Crippen molar-refractivity contribution < 1.29 is 9.90 Å². The molecule has 1 aliphatic rings. The average Bonchev–Trinajstić information content (AvgIpc) is 3.35. The average molecular weight is 414 g/mol. The number of thiophene rings is 1. The van der Waals surface area contributed by atoms with E-state index in [2.05, 4.69) is 5.32 Å². The lowest BCUT2D eigenvalue weighted by Gasteiger charge is -2.31. The number of carbonyl (C=O) groups is 1. The largest absolute Gasteiger partial charge is 0.383 e. The molecule has 1 heterocycles. The van der Waals surface area contributed by atoms with E-state index in [4.69, 9.17) is 11.6 Å². The Balaban J connectivity index is 1.53. The zero-order valence-corrected chi connectivity index (χ0v) is 17.4. The highest BCUT2D eigenvalue weighted by Crippen LogP contribution is 2.42. The minimum atomic E-state index is -1.11. The van der Waals surface area contributed by atoms with Gasteiger partial charge in [0, 0.05) is 14.6 Å². The van der Waals surface area contributed by atoms with Gasteiger partial charge in [0.2, 0.25) is 5.91 Å². The van der Waals surface area contributed by atoms with Gasteiger partial charge in [0.1, 0.15) is 5.60 Å². The van der Waals surface area contributed by atoms with Gasteiger partial charge < -0.3 is 10.4 Å². The highest BCUT2D eigenvalue weighted by Gasteiger charge is 2.43. The maximum Gasteiger partial charge on any atom is 0.230 e. The molecule has 4 rings (SSSR count). The van der Waals surface area contributed by atoms with Gasteiger partial charge in [-0.1, -0.05) is 54.8 Å². The van der Waals surface area contributed by atoms with Crippen molar-refractivity contribution >= 4 is 38.9 Å². The molecule has 5 heteroatoms. The zero-order chi connectivity index (χ0) is 19.8. The second-order valence-corrected chi connectivity index (χ2v) is 9.42. The Morgan fingerprint density at radius 2 is 1.86 bits per heavy atom.